The Bertz CT molecular complexity index is 1250. The molecule has 4 heterocycles. The number of halogens is 6. The van der Waals surface area contributed by atoms with Gasteiger partial charge < -0.3 is 0 Å². The van der Waals surface area contributed by atoms with Gasteiger partial charge in [-0.2, -0.15) is 13.2 Å². The van der Waals surface area contributed by atoms with Crippen molar-refractivity contribution in [2.75, 3.05) is 5.75 Å². The monoisotopic (exact) mass is 445 g/mol. The molecule has 0 spiro atoms. The first-order chi connectivity index (χ1) is 14.0. The molecule has 0 amide bonds. The van der Waals surface area contributed by atoms with Gasteiger partial charge in [0.1, 0.15) is 27.6 Å². The molecular formula is C18H13F6N5S. The molecule has 0 N–H and O–H groups in total. The highest BCUT2D eigenvalue weighted by molar-refractivity contribution is 7.99. The topological polar surface area (TPSA) is 48.0 Å². The van der Waals surface area contributed by atoms with Crippen molar-refractivity contribution < 1.29 is 26.3 Å². The van der Waals surface area contributed by atoms with Crippen LogP contribution in [-0.2, 0) is 12.5 Å². The quantitative estimate of drug-likeness (QED) is 0.302. The molecule has 0 bridgehead atoms. The van der Waals surface area contributed by atoms with Gasteiger partial charge in [-0.25, -0.2) is 19.5 Å². The predicted molar refractivity (Wildman–Crippen MR) is 99.1 cm³/mol. The molecule has 0 saturated heterocycles. The number of thioether (sulfide) groups is 1. The maximum atomic E-state index is 13.9. The number of rotatable bonds is 3. The Balaban J connectivity index is 2.12. The average Bonchev–Trinajstić information content (AvgIpc) is 3.19. The third-order valence-corrected chi connectivity index (χ3v) is 5.22. The van der Waals surface area contributed by atoms with Gasteiger partial charge in [-0.05, 0) is 36.9 Å². The van der Waals surface area contributed by atoms with Crippen LogP contribution >= 0.6 is 11.8 Å². The number of alkyl halides is 6. The lowest BCUT2D eigenvalue weighted by Crippen LogP contribution is -2.19. The number of hydrogen-bond acceptors (Lipinski definition) is 4. The van der Waals surface area contributed by atoms with Crippen LogP contribution in [0.4, 0.5) is 26.3 Å². The lowest BCUT2D eigenvalue weighted by atomic mass is 10.3. The van der Waals surface area contributed by atoms with Crippen LogP contribution in [0, 0.1) is 6.92 Å². The van der Waals surface area contributed by atoms with E-state index in [4.69, 9.17) is 0 Å². The second kappa shape index (κ2) is 6.89. The van der Waals surface area contributed by atoms with Gasteiger partial charge in [-0.3, -0.25) is 4.40 Å². The fourth-order valence-corrected chi connectivity index (χ4v) is 4.02. The minimum Gasteiger partial charge on any atom is -0.282 e. The predicted octanol–water partition coefficient (Wildman–Crippen LogP) is 5.66. The minimum atomic E-state index is -4.90. The SMILES string of the molecule is CCSc1c(-c2nc3ccc(C)nc3n2C(F)(F)F)nc2cccc(C(F)(F)F)n12. The van der Waals surface area contributed by atoms with Gasteiger partial charge in [0.2, 0.25) is 0 Å². The molecule has 5 nitrogen and oxygen atoms in total. The van der Waals surface area contributed by atoms with Crippen LogP contribution in [0.5, 0.6) is 0 Å². The van der Waals surface area contributed by atoms with Gasteiger partial charge in [0.15, 0.2) is 11.5 Å². The van der Waals surface area contributed by atoms with Crippen molar-refractivity contribution in [1.29, 1.82) is 0 Å². The fraction of sp³-hybridized carbons (Fsp3) is 0.278. The molecule has 158 valence electrons. The van der Waals surface area contributed by atoms with E-state index in [1.165, 1.54) is 25.1 Å². The first kappa shape index (κ1) is 20.5. The highest BCUT2D eigenvalue weighted by Gasteiger charge is 2.40. The number of aryl methyl sites for hydroxylation is 1. The standard InChI is InChI=1S/C18H13F6N5S/c1-3-30-16-13(27-12-6-4-5-11(28(12)16)17(19,20)21)15-26-10-8-7-9(2)25-14(10)29(15)18(22,23)24/h4-8H,3H2,1-2H3. The Morgan fingerprint density at radius 3 is 2.33 bits per heavy atom. The van der Waals surface area contributed by atoms with Crippen molar-refractivity contribution >= 4 is 28.6 Å². The number of imidazole rings is 2. The first-order valence-electron chi connectivity index (χ1n) is 8.67. The zero-order valence-corrected chi connectivity index (χ0v) is 16.3. The summed E-state index contributed by atoms with van der Waals surface area (Å²) in [5, 5.41) is -0.0713. The smallest absolute Gasteiger partial charge is 0.282 e. The minimum absolute atomic E-state index is 0.0338. The van der Waals surface area contributed by atoms with Crippen LogP contribution in [-0.4, -0.2) is 29.7 Å². The van der Waals surface area contributed by atoms with Crippen molar-refractivity contribution in [3.63, 3.8) is 0 Å². The van der Waals surface area contributed by atoms with E-state index in [9.17, 15) is 26.3 Å². The Morgan fingerprint density at radius 1 is 0.967 bits per heavy atom. The van der Waals surface area contributed by atoms with E-state index < -0.39 is 29.6 Å². The van der Waals surface area contributed by atoms with Gasteiger partial charge in [0.05, 0.1) is 0 Å². The molecule has 0 saturated carbocycles. The summed E-state index contributed by atoms with van der Waals surface area (Å²) in [5.41, 5.74) is -1.56. The van der Waals surface area contributed by atoms with Gasteiger partial charge in [0.25, 0.3) is 0 Å². The molecule has 4 aromatic heterocycles. The lowest BCUT2D eigenvalue weighted by molar-refractivity contribution is -0.200. The zero-order chi connectivity index (χ0) is 21.8. The van der Waals surface area contributed by atoms with Crippen molar-refractivity contribution in [3.8, 4) is 11.5 Å². The van der Waals surface area contributed by atoms with Crippen molar-refractivity contribution in [3.05, 3.63) is 41.7 Å². The van der Waals surface area contributed by atoms with Crippen LogP contribution in [0.15, 0.2) is 35.4 Å². The molecule has 4 aromatic rings. The summed E-state index contributed by atoms with van der Waals surface area (Å²) in [4.78, 5) is 12.1. The number of pyridine rings is 2. The third kappa shape index (κ3) is 3.28. The Labute approximate surface area is 169 Å². The number of fused-ring (bicyclic) bond motifs is 2. The van der Waals surface area contributed by atoms with Crippen molar-refractivity contribution in [1.82, 2.24) is 23.9 Å². The fourth-order valence-electron chi connectivity index (χ4n) is 3.15. The van der Waals surface area contributed by atoms with Gasteiger partial charge in [0, 0.05) is 5.69 Å². The van der Waals surface area contributed by atoms with E-state index in [1.807, 2.05) is 0 Å². The highest BCUT2D eigenvalue weighted by Crippen LogP contribution is 2.40. The lowest BCUT2D eigenvalue weighted by Gasteiger charge is -2.13. The van der Waals surface area contributed by atoms with Crippen molar-refractivity contribution in [2.45, 2.75) is 31.3 Å². The number of nitrogens with zero attached hydrogens (tertiary/aromatic N) is 5. The summed E-state index contributed by atoms with van der Waals surface area (Å²) in [5.74, 6) is -0.292. The summed E-state index contributed by atoms with van der Waals surface area (Å²) in [6.07, 6.45) is -9.62. The molecule has 0 aromatic carbocycles. The van der Waals surface area contributed by atoms with E-state index in [-0.39, 0.29) is 26.5 Å². The average molecular weight is 445 g/mol. The van der Waals surface area contributed by atoms with E-state index >= 15 is 0 Å². The molecule has 0 aliphatic carbocycles. The summed E-state index contributed by atoms with van der Waals surface area (Å²) < 4.78 is 83.3. The molecule has 30 heavy (non-hydrogen) atoms. The van der Waals surface area contributed by atoms with E-state index in [0.717, 1.165) is 28.3 Å². The second-order valence-corrected chi connectivity index (χ2v) is 7.59. The molecule has 0 atom stereocenters. The normalized spacial score (nSPS) is 12.9. The van der Waals surface area contributed by atoms with Crippen molar-refractivity contribution in [2.24, 2.45) is 0 Å². The van der Waals surface area contributed by atoms with Gasteiger partial charge in [-0.15, -0.1) is 24.9 Å². The molecule has 0 aliphatic heterocycles. The van der Waals surface area contributed by atoms with E-state index in [1.54, 1.807) is 6.92 Å². The third-order valence-electron chi connectivity index (χ3n) is 4.28. The van der Waals surface area contributed by atoms with E-state index in [0.29, 0.717) is 11.4 Å². The van der Waals surface area contributed by atoms with Crippen LogP contribution in [0.25, 0.3) is 28.3 Å². The summed E-state index contributed by atoms with van der Waals surface area (Å²) >= 11 is 0.955. The first-order valence-corrected chi connectivity index (χ1v) is 9.66. The van der Waals surface area contributed by atoms with Crippen LogP contribution < -0.4 is 0 Å². The van der Waals surface area contributed by atoms with E-state index in [2.05, 4.69) is 15.0 Å². The maximum Gasteiger partial charge on any atom is 0.491 e. The number of hydrogen-bond donors (Lipinski definition) is 0. The second-order valence-electron chi connectivity index (χ2n) is 6.33. The molecular weight excluding hydrogens is 432 g/mol. The molecule has 0 radical (unpaired) electrons. The Kier molecular flexibility index (Phi) is 4.71. The van der Waals surface area contributed by atoms with Crippen LogP contribution in [0.2, 0.25) is 0 Å². The van der Waals surface area contributed by atoms with Gasteiger partial charge in [-0.1, -0.05) is 13.0 Å². The molecule has 0 fully saturated rings. The molecule has 12 heteroatoms. The van der Waals surface area contributed by atoms with Crippen LogP contribution in [0.3, 0.4) is 0 Å². The van der Waals surface area contributed by atoms with Gasteiger partial charge >= 0.3 is 12.5 Å². The van der Waals surface area contributed by atoms with Crippen LogP contribution in [0.1, 0.15) is 18.3 Å². The summed E-state index contributed by atoms with van der Waals surface area (Å²) in [7, 11) is 0. The number of aromatic nitrogens is 5. The Morgan fingerprint density at radius 2 is 1.70 bits per heavy atom. The molecule has 4 rings (SSSR count). The maximum absolute atomic E-state index is 13.9. The Hall–Kier alpha value is -2.76. The highest BCUT2D eigenvalue weighted by atomic mass is 32.2. The largest absolute Gasteiger partial charge is 0.491 e. The molecule has 0 unspecified atom stereocenters. The summed E-state index contributed by atoms with van der Waals surface area (Å²) in [6, 6.07) is 6.21. The summed E-state index contributed by atoms with van der Waals surface area (Å²) in [6.45, 7) is 3.22. The zero-order valence-electron chi connectivity index (χ0n) is 15.5. The molecule has 0 aliphatic rings.